The number of aliphatic carboxylic acids is 1. The number of allylic oxidation sites excluding steroid dienone is 1. The number of amides is 2. The minimum Gasteiger partial charge on any atom is -0.478 e. The average molecular weight is 288 g/mol. The lowest BCUT2D eigenvalue weighted by atomic mass is 9.96. The Morgan fingerprint density at radius 1 is 1.33 bits per heavy atom. The van der Waals surface area contributed by atoms with Crippen molar-refractivity contribution in [3.8, 4) is 0 Å². The highest BCUT2D eigenvalue weighted by Crippen LogP contribution is 2.29. The number of rotatable bonds is 4. The van der Waals surface area contributed by atoms with E-state index in [1.807, 2.05) is 18.2 Å². The number of hydrogen-bond donors (Lipinski definition) is 2. The van der Waals surface area contributed by atoms with Crippen molar-refractivity contribution in [3.05, 3.63) is 47.2 Å². The molecule has 0 radical (unpaired) electrons. The molecule has 3 N–H and O–H groups in total. The van der Waals surface area contributed by atoms with Crippen LogP contribution in [0.1, 0.15) is 18.9 Å². The first kappa shape index (κ1) is 14.8. The maximum Gasteiger partial charge on any atom is 0.334 e. The van der Waals surface area contributed by atoms with Crippen LogP contribution in [0.4, 0.5) is 0 Å². The number of carbonyl (C=O) groups is 3. The zero-order valence-corrected chi connectivity index (χ0v) is 11.6. The van der Waals surface area contributed by atoms with E-state index in [1.165, 1.54) is 6.92 Å². The number of nitrogens with two attached hydrogens (primary N) is 1. The van der Waals surface area contributed by atoms with Crippen LogP contribution in [0, 0.1) is 5.92 Å². The largest absolute Gasteiger partial charge is 0.478 e. The van der Waals surface area contributed by atoms with Crippen LogP contribution < -0.4 is 5.73 Å². The second kappa shape index (κ2) is 5.78. The topological polar surface area (TPSA) is 101 Å². The number of benzene rings is 1. The summed E-state index contributed by atoms with van der Waals surface area (Å²) in [5, 5.41) is 9.16. The highest BCUT2D eigenvalue weighted by Gasteiger charge is 2.43. The molecule has 1 aromatic rings. The predicted molar refractivity (Wildman–Crippen MR) is 74.6 cm³/mol. The molecule has 110 valence electrons. The standard InChI is InChI=1S/C15H16N2O4/c1-9(16)13(15(20)21)11-7-12(18)17(14(11)19)8-10-5-3-2-4-6-10/h2-6,11H,7-8,16H2,1H3,(H,20,21)/t11-/m0/s1. The van der Waals surface area contributed by atoms with Gasteiger partial charge in [0.2, 0.25) is 11.8 Å². The summed E-state index contributed by atoms with van der Waals surface area (Å²) in [7, 11) is 0. The van der Waals surface area contributed by atoms with Crippen molar-refractivity contribution in [2.45, 2.75) is 19.9 Å². The second-order valence-corrected chi connectivity index (χ2v) is 4.96. The molecule has 2 amide bonds. The van der Waals surface area contributed by atoms with Gasteiger partial charge in [0.15, 0.2) is 0 Å². The molecule has 6 nitrogen and oxygen atoms in total. The molecule has 0 saturated carbocycles. The van der Waals surface area contributed by atoms with E-state index in [2.05, 4.69) is 0 Å². The highest BCUT2D eigenvalue weighted by molar-refractivity contribution is 6.09. The Morgan fingerprint density at radius 2 is 1.95 bits per heavy atom. The van der Waals surface area contributed by atoms with Crippen molar-refractivity contribution in [3.63, 3.8) is 0 Å². The van der Waals surface area contributed by atoms with Crippen LogP contribution in [-0.4, -0.2) is 27.8 Å². The van der Waals surface area contributed by atoms with Crippen LogP contribution in [0.2, 0.25) is 0 Å². The van der Waals surface area contributed by atoms with E-state index in [-0.39, 0.29) is 30.1 Å². The van der Waals surface area contributed by atoms with Gasteiger partial charge in [-0.15, -0.1) is 0 Å². The van der Waals surface area contributed by atoms with Gasteiger partial charge in [0, 0.05) is 12.1 Å². The van der Waals surface area contributed by atoms with Gasteiger partial charge in [-0.1, -0.05) is 30.3 Å². The first-order valence-corrected chi connectivity index (χ1v) is 6.49. The van der Waals surface area contributed by atoms with Crippen LogP contribution in [0.15, 0.2) is 41.6 Å². The lowest BCUT2D eigenvalue weighted by molar-refractivity contribution is -0.141. The zero-order chi connectivity index (χ0) is 15.6. The Morgan fingerprint density at radius 3 is 2.48 bits per heavy atom. The van der Waals surface area contributed by atoms with Crippen molar-refractivity contribution in [1.29, 1.82) is 0 Å². The minimum absolute atomic E-state index is 0.0511. The van der Waals surface area contributed by atoms with Crippen molar-refractivity contribution < 1.29 is 19.5 Å². The summed E-state index contributed by atoms with van der Waals surface area (Å²) in [5.74, 6) is -3.15. The normalized spacial score (nSPS) is 19.7. The summed E-state index contributed by atoms with van der Waals surface area (Å²) in [6.45, 7) is 1.56. The molecule has 2 rings (SSSR count). The molecular weight excluding hydrogens is 272 g/mol. The summed E-state index contributed by atoms with van der Waals surface area (Å²) in [4.78, 5) is 36.6. The number of carboxylic acid groups (broad SMARTS) is 1. The summed E-state index contributed by atoms with van der Waals surface area (Å²) < 4.78 is 0. The van der Waals surface area contributed by atoms with Crippen molar-refractivity contribution in [2.75, 3.05) is 0 Å². The molecule has 0 bridgehead atoms. The Bertz CT molecular complexity index is 618. The fourth-order valence-electron chi connectivity index (χ4n) is 2.43. The number of nitrogens with zero attached hydrogens (tertiary/aromatic N) is 1. The number of carboxylic acids is 1. The quantitative estimate of drug-likeness (QED) is 0.632. The van der Waals surface area contributed by atoms with E-state index < -0.39 is 17.8 Å². The maximum atomic E-state index is 12.3. The van der Waals surface area contributed by atoms with E-state index in [0.717, 1.165) is 10.5 Å². The van der Waals surface area contributed by atoms with Gasteiger partial charge < -0.3 is 10.8 Å². The summed E-state index contributed by atoms with van der Waals surface area (Å²) >= 11 is 0. The molecule has 6 heteroatoms. The smallest absolute Gasteiger partial charge is 0.334 e. The Hall–Kier alpha value is -2.63. The molecule has 0 spiro atoms. The van der Waals surface area contributed by atoms with E-state index >= 15 is 0 Å². The van der Waals surface area contributed by atoms with Crippen molar-refractivity contribution in [2.24, 2.45) is 11.7 Å². The molecular formula is C15H16N2O4. The molecule has 1 atom stereocenters. The number of carbonyl (C=O) groups excluding carboxylic acids is 2. The van der Waals surface area contributed by atoms with Gasteiger partial charge in [-0.3, -0.25) is 14.5 Å². The predicted octanol–water partition coefficient (Wildman–Crippen LogP) is 0.879. The summed E-state index contributed by atoms with van der Waals surface area (Å²) in [6, 6.07) is 9.06. The van der Waals surface area contributed by atoms with Gasteiger partial charge in [-0.05, 0) is 12.5 Å². The molecule has 0 aliphatic carbocycles. The molecule has 1 saturated heterocycles. The number of hydrogen-bond acceptors (Lipinski definition) is 4. The zero-order valence-electron chi connectivity index (χ0n) is 11.6. The van der Waals surface area contributed by atoms with E-state index in [9.17, 15) is 14.4 Å². The fourth-order valence-corrected chi connectivity index (χ4v) is 2.43. The monoisotopic (exact) mass is 288 g/mol. The maximum absolute atomic E-state index is 12.3. The fraction of sp³-hybridized carbons (Fsp3) is 0.267. The van der Waals surface area contributed by atoms with Crippen molar-refractivity contribution in [1.82, 2.24) is 4.90 Å². The summed E-state index contributed by atoms with van der Waals surface area (Å²) in [6.07, 6.45) is -0.151. The third kappa shape index (κ3) is 2.94. The van der Waals surface area contributed by atoms with Gasteiger partial charge in [0.1, 0.15) is 0 Å². The Kier molecular flexibility index (Phi) is 4.07. The molecule has 21 heavy (non-hydrogen) atoms. The molecule has 1 aliphatic heterocycles. The molecule has 0 unspecified atom stereocenters. The third-order valence-electron chi connectivity index (χ3n) is 3.43. The molecule has 1 aliphatic rings. The second-order valence-electron chi connectivity index (χ2n) is 4.96. The van der Waals surface area contributed by atoms with Crippen LogP contribution in [-0.2, 0) is 20.9 Å². The van der Waals surface area contributed by atoms with Crippen molar-refractivity contribution >= 4 is 17.8 Å². The first-order chi connectivity index (χ1) is 9.91. The minimum atomic E-state index is -1.26. The number of likely N-dealkylation sites (tertiary alicyclic amines) is 1. The average Bonchev–Trinajstić information content (AvgIpc) is 2.67. The van der Waals surface area contributed by atoms with Crippen LogP contribution in [0.25, 0.3) is 0 Å². The lowest BCUT2D eigenvalue weighted by Gasteiger charge is -2.15. The molecule has 1 fully saturated rings. The van der Waals surface area contributed by atoms with Gasteiger partial charge in [0.05, 0.1) is 18.0 Å². The number of imide groups is 1. The SMILES string of the molecule is CC(N)=C(C(=O)O)[C@@H]1CC(=O)N(Cc2ccccc2)C1=O. The van der Waals surface area contributed by atoms with Gasteiger partial charge >= 0.3 is 5.97 Å². The van der Waals surface area contributed by atoms with E-state index in [1.54, 1.807) is 12.1 Å². The lowest BCUT2D eigenvalue weighted by Crippen LogP contribution is -2.31. The Balaban J connectivity index is 2.25. The van der Waals surface area contributed by atoms with E-state index in [4.69, 9.17) is 10.8 Å². The highest BCUT2D eigenvalue weighted by atomic mass is 16.4. The molecule has 0 aromatic heterocycles. The molecule has 1 heterocycles. The third-order valence-corrected chi connectivity index (χ3v) is 3.43. The van der Waals surface area contributed by atoms with Gasteiger partial charge in [-0.25, -0.2) is 4.79 Å². The first-order valence-electron chi connectivity index (χ1n) is 6.49. The molecule has 1 aromatic carbocycles. The van der Waals surface area contributed by atoms with Crippen LogP contribution in [0.3, 0.4) is 0 Å². The summed E-state index contributed by atoms with van der Waals surface area (Å²) in [5.41, 5.74) is 6.21. The van der Waals surface area contributed by atoms with E-state index in [0.29, 0.717) is 0 Å². The van der Waals surface area contributed by atoms with Gasteiger partial charge in [-0.2, -0.15) is 0 Å². The van der Waals surface area contributed by atoms with Crippen LogP contribution >= 0.6 is 0 Å². The van der Waals surface area contributed by atoms with Crippen LogP contribution in [0.5, 0.6) is 0 Å². The Labute approximate surface area is 121 Å². The van der Waals surface area contributed by atoms with Gasteiger partial charge in [0.25, 0.3) is 0 Å².